The molecule has 1 aromatic carbocycles. The highest BCUT2D eigenvalue weighted by atomic mass is 35.5. The number of carboxylic acids is 1. The van der Waals surface area contributed by atoms with Crippen molar-refractivity contribution in [2.45, 2.75) is 38.6 Å². The molecule has 1 unspecified atom stereocenters. The quantitative estimate of drug-likeness (QED) is 0.923. The molecule has 3 nitrogen and oxygen atoms in total. The normalized spacial score (nSPS) is 25.3. The lowest BCUT2D eigenvalue weighted by Gasteiger charge is -2.36. The fourth-order valence-electron chi connectivity index (χ4n) is 4.16. The van der Waals surface area contributed by atoms with Gasteiger partial charge in [0.05, 0.1) is 5.92 Å². The van der Waals surface area contributed by atoms with Crippen molar-refractivity contribution >= 4 is 17.6 Å². The van der Waals surface area contributed by atoms with Crippen molar-refractivity contribution in [1.82, 2.24) is 4.90 Å². The molecule has 0 amide bonds. The molecule has 1 saturated carbocycles. The maximum atomic E-state index is 11.7. The van der Waals surface area contributed by atoms with Gasteiger partial charge in [-0.25, -0.2) is 0 Å². The van der Waals surface area contributed by atoms with Crippen molar-refractivity contribution in [3.05, 3.63) is 34.9 Å². The zero-order valence-corrected chi connectivity index (χ0v) is 13.0. The monoisotopic (exact) mass is 307 g/mol. The van der Waals surface area contributed by atoms with Crippen LogP contribution in [0.2, 0.25) is 5.02 Å². The second kappa shape index (κ2) is 5.98. The number of benzene rings is 1. The van der Waals surface area contributed by atoms with Crippen LogP contribution in [-0.4, -0.2) is 29.1 Å². The smallest absolute Gasteiger partial charge is 0.308 e. The highest BCUT2D eigenvalue weighted by Crippen LogP contribution is 2.48. The molecule has 114 valence electrons. The van der Waals surface area contributed by atoms with Gasteiger partial charge in [-0.05, 0) is 29.9 Å². The predicted octanol–water partition coefficient (Wildman–Crippen LogP) is 3.81. The number of nitrogens with zero attached hydrogens (tertiary/aromatic N) is 1. The molecule has 1 aliphatic heterocycles. The molecule has 4 heteroatoms. The minimum Gasteiger partial charge on any atom is -0.481 e. The van der Waals surface area contributed by atoms with Gasteiger partial charge < -0.3 is 5.11 Å². The Labute approximate surface area is 130 Å². The van der Waals surface area contributed by atoms with Gasteiger partial charge in [-0.1, -0.05) is 49.1 Å². The van der Waals surface area contributed by atoms with E-state index in [4.69, 9.17) is 11.6 Å². The minimum absolute atomic E-state index is 0.00859. The Morgan fingerprint density at radius 1 is 1.29 bits per heavy atom. The van der Waals surface area contributed by atoms with Gasteiger partial charge >= 0.3 is 5.97 Å². The Morgan fingerprint density at radius 3 is 2.67 bits per heavy atom. The molecule has 0 aromatic heterocycles. The van der Waals surface area contributed by atoms with Crippen molar-refractivity contribution in [3.8, 4) is 0 Å². The van der Waals surface area contributed by atoms with Gasteiger partial charge in [0.1, 0.15) is 0 Å². The number of carboxylic acid groups (broad SMARTS) is 1. The van der Waals surface area contributed by atoms with Crippen molar-refractivity contribution in [3.63, 3.8) is 0 Å². The van der Waals surface area contributed by atoms with E-state index in [-0.39, 0.29) is 11.3 Å². The molecule has 1 aromatic rings. The van der Waals surface area contributed by atoms with Crippen LogP contribution in [0.5, 0.6) is 0 Å². The zero-order chi connectivity index (χ0) is 14.9. The Morgan fingerprint density at radius 2 is 2.00 bits per heavy atom. The van der Waals surface area contributed by atoms with Crippen LogP contribution in [0.3, 0.4) is 0 Å². The van der Waals surface area contributed by atoms with E-state index in [2.05, 4.69) is 4.90 Å². The average molecular weight is 308 g/mol. The Bertz CT molecular complexity index is 525. The molecule has 1 atom stereocenters. The summed E-state index contributed by atoms with van der Waals surface area (Å²) < 4.78 is 0. The summed E-state index contributed by atoms with van der Waals surface area (Å²) in [6, 6.07) is 7.85. The van der Waals surface area contributed by atoms with Gasteiger partial charge in [0, 0.05) is 24.7 Å². The van der Waals surface area contributed by atoms with E-state index < -0.39 is 5.97 Å². The Balaban J connectivity index is 1.77. The molecular formula is C17H22ClNO2. The third kappa shape index (κ3) is 2.95. The highest BCUT2D eigenvalue weighted by molar-refractivity contribution is 6.31. The molecular weight excluding hydrogens is 286 g/mol. The van der Waals surface area contributed by atoms with Crippen molar-refractivity contribution < 1.29 is 9.90 Å². The van der Waals surface area contributed by atoms with Crippen molar-refractivity contribution in [1.29, 1.82) is 0 Å². The lowest BCUT2D eigenvalue weighted by atomic mass is 9.68. The molecule has 3 rings (SSSR count). The number of halogens is 1. The van der Waals surface area contributed by atoms with Gasteiger partial charge in [0.25, 0.3) is 0 Å². The number of hydrogen-bond donors (Lipinski definition) is 1. The largest absolute Gasteiger partial charge is 0.481 e. The first-order valence-electron chi connectivity index (χ1n) is 7.79. The molecule has 2 aliphatic rings. The van der Waals surface area contributed by atoms with Crippen LogP contribution in [0.1, 0.15) is 37.7 Å². The number of carbonyl (C=O) groups is 1. The Kier molecular flexibility index (Phi) is 4.23. The first-order valence-corrected chi connectivity index (χ1v) is 8.17. The average Bonchev–Trinajstić information content (AvgIpc) is 2.80. The van der Waals surface area contributed by atoms with Crippen LogP contribution < -0.4 is 0 Å². The van der Waals surface area contributed by atoms with E-state index in [9.17, 15) is 9.90 Å². The second-order valence-corrected chi connectivity index (χ2v) is 6.98. The fourth-order valence-corrected chi connectivity index (χ4v) is 4.36. The van der Waals surface area contributed by atoms with E-state index in [0.717, 1.165) is 36.5 Å². The number of aliphatic carboxylic acids is 1. The molecule has 0 bridgehead atoms. The van der Waals surface area contributed by atoms with Gasteiger partial charge in [-0.3, -0.25) is 9.69 Å². The molecule has 0 radical (unpaired) electrons. The molecule has 2 fully saturated rings. The molecule has 1 spiro atoms. The highest BCUT2D eigenvalue weighted by Gasteiger charge is 2.50. The van der Waals surface area contributed by atoms with E-state index in [0.29, 0.717) is 6.54 Å². The van der Waals surface area contributed by atoms with Crippen molar-refractivity contribution in [2.24, 2.45) is 11.3 Å². The van der Waals surface area contributed by atoms with E-state index >= 15 is 0 Å². The van der Waals surface area contributed by atoms with Gasteiger partial charge in [0.2, 0.25) is 0 Å². The number of rotatable bonds is 3. The topological polar surface area (TPSA) is 40.5 Å². The summed E-state index contributed by atoms with van der Waals surface area (Å²) in [5.74, 6) is -0.848. The minimum atomic E-state index is -0.626. The van der Waals surface area contributed by atoms with Crippen LogP contribution in [0.15, 0.2) is 24.3 Å². The van der Waals surface area contributed by atoms with Crippen LogP contribution >= 0.6 is 11.6 Å². The summed E-state index contributed by atoms with van der Waals surface area (Å²) in [7, 11) is 0. The van der Waals surface area contributed by atoms with Gasteiger partial charge in [0.15, 0.2) is 0 Å². The third-order valence-corrected chi connectivity index (χ3v) is 5.59. The molecule has 21 heavy (non-hydrogen) atoms. The van der Waals surface area contributed by atoms with E-state index in [1.807, 2.05) is 24.3 Å². The maximum absolute atomic E-state index is 11.7. The molecule has 1 saturated heterocycles. The third-order valence-electron chi connectivity index (χ3n) is 5.22. The lowest BCUT2D eigenvalue weighted by molar-refractivity contribution is -0.145. The summed E-state index contributed by atoms with van der Waals surface area (Å²) in [4.78, 5) is 14.0. The van der Waals surface area contributed by atoms with Gasteiger partial charge in [-0.2, -0.15) is 0 Å². The SMILES string of the molecule is O=C(O)C1CN(Cc2ccccc2Cl)CC12CCCCC2. The van der Waals surface area contributed by atoms with Crippen LogP contribution in [0.25, 0.3) is 0 Å². The lowest BCUT2D eigenvalue weighted by Crippen LogP contribution is -2.36. The number of hydrogen-bond acceptors (Lipinski definition) is 2. The van der Waals surface area contributed by atoms with Gasteiger partial charge in [-0.15, -0.1) is 0 Å². The van der Waals surface area contributed by atoms with Crippen LogP contribution in [-0.2, 0) is 11.3 Å². The summed E-state index contributed by atoms with van der Waals surface area (Å²) in [5.41, 5.74) is 1.09. The molecule has 1 heterocycles. The molecule has 1 N–H and O–H groups in total. The summed E-state index contributed by atoms with van der Waals surface area (Å²) in [5, 5.41) is 10.4. The second-order valence-electron chi connectivity index (χ2n) is 6.57. The summed E-state index contributed by atoms with van der Waals surface area (Å²) in [6.45, 7) is 2.31. The number of likely N-dealkylation sites (tertiary alicyclic amines) is 1. The molecule has 1 aliphatic carbocycles. The van der Waals surface area contributed by atoms with E-state index in [1.165, 1.54) is 19.3 Å². The Hall–Kier alpha value is -1.06. The first-order chi connectivity index (χ1) is 10.1. The first kappa shape index (κ1) is 14.9. The summed E-state index contributed by atoms with van der Waals surface area (Å²) >= 11 is 6.24. The standard InChI is InChI=1S/C17H22ClNO2/c18-15-7-3-2-6-13(15)10-19-11-14(16(20)21)17(12-19)8-4-1-5-9-17/h2-3,6-7,14H,1,4-5,8-12H2,(H,20,21). The van der Waals surface area contributed by atoms with E-state index in [1.54, 1.807) is 0 Å². The van der Waals surface area contributed by atoms with Crippen LogP contribution in [0, 0.1) is 11.3 Å². The van der Waals surface area contributed by atoms with Crippen LogP contribution in [0.4, 0.5) is 0 Å². The zero-order valence-electron chi connectivity index (χ0n) is 12.2. The fraction of sp³-hybridized carbons (Fsp3) is 0.588. The predicted molar refractivity (Wildman–Crippen MR) is 83.4 cm³/mol. The summed E-state index contributed by atoms with van der Waals surface area (Å²) in [6.07, 6.45) is 5.71. The maximum Gasteiger partial charge on any atom is 0.308 e. The van der Waals surface area contributed by atoms with Crippen molar-refractivity contribution in [2.75, 3.05) is 13.1 Å².